The van der Waals surface area contributed by atoms with Crippen molar-refractivity contribution in [1.82, 2.24) is 0 Å². The summed E-state index contributed by atoms with van der Waals surface area (Å²) in [5.41, 5.74) is 0. The second-order valence-corrected chi connectivity index (χ2v) is 30.2. The number of aliphatic hydroxyl groups excluding tert-OH is 1. The molecule has 3 N–H and O–H groups in total. The highest BCUT2D eigenvalue weighted by atomic mass is 31.2. The minimum Gasteiger partial charge on any atom is -0.462 e. The zero-order valence-corrected chi connectivity index (χ0v) is 69.3. The summed E-state index contributed by atoms with van der Waals surface area (Å²) in [4.78, 5) is 73.2. The Labute approximate surface area is 655 Å². The zero-order valence-electron chi connectivity index (χ0n) is 67.5. The monoisotopic (exact) mass is 1550 g/mol. The van der Waals surface area contributed by atoms with Crippen LogP contribution in [0.25, 0.3) is 0 Å². The maximum atomic E-state index is 13.1. The van der Waals surface area contributed by atoms with Gasteiger partial charge in [0.05, 0.1) is 26.4 Å². The minimum absolute atomic E-state index is 0.0491. The first kappa shape index (κ1) is 103. The maximum absolute atomic E-state index is 13.1. The van der Waals surface area contributed by atoms with Gasteiger partial charge in [0.1, 0.15) is 19.3 Å². The lowest BCUT2D eigenvalue weighted by molar-refractivity contribution is -0.161. The van der Waals surface area contributed by atoms with Crippen LogP contribution in [-0.2, 0) is 65.4 Å². The third-order valence-corrected chi connectivity index (χ3v) is 18.9. The van der Waals surface area contributed by atoms with Crippen LogP contribution < -0.4 is 0 Å². The maximum Gasteiger partial charge on any atom is 0.472 e. The second-order valence-electron chi connectivity index (χ2n) is 27.3. The number of unbranched alkanes of at least 4 members (excludes halogenated alkanes) is 25. The Bertz CT molecular complexity index is 2660. The summed E-state index contributed by atoms with van der Waals surface area (Å²) in [5.74, 6) is -2.28. The van der Waals surface area contributed by atoms with Crippen LogP contribution in [0.3, 0.4) is 0 Å². The minimum atomic E-state index is -5.00. The van der Waals surface area contributed by atoms with E-state index in [1.165, 1.54) is 57.8 Å². The average molecular weight is 1550 g/mol. The number of rotatable bonds is 77. The molecule has 19 heteroatoms. The molecular weight excluding hydrogens is 1400 g/mol. The molecule has 108 heavy (non-hydrogen) atoms. The Kier molecular flexibility index (Phi) is 75.8. The van der Waals surface area contributed by atoms with Crippen molar-refractivity contribution in [3.05, 3.63) is 158 Å². The number of aliphatic hydroxyl groups is 1. The summed E-state index contributed by atoms with van der Waals surface area (Å²) in [6.07, 6.45) is 93.5. The van der Waals surface area contributed by atoms with Gasteiger partial charge in [0, 0.05) is 25.7 Å². The first-order valence-electron chi connectivity index (χ1n) is 41.7. The standard InChI is InChI=1S/C89H148O17P2/c1-5-9-13-17-21-25-29-33-37-39-41-43-47-50-54-58-62-66-70-74-87(92)100-80-84(105-88(93)75-71-67-63-59-55-51-46-36-32-28-24-20-16-12-8-4)81-103-107(95,96)101-77-83(90)78-102-108(97,98)104-82-85(79-99-86(91)73-69-65-61-57-53-49-45-35-31-27-23-19-15-11-7-3)106-89(94)76-72-68-64-60-56-52-48-44-42-40-38-34-30-26-22-18-14-10-6-2/h9-10,13-14,21-22,24-26,28,33-38,41-46,50,52,54,56,83-85,90H,5-8,11-12,15-20,23,27,29-32,39-40,47-49,51,53,55,57-82H2,1-4H3,(H,95,96)(H,97,98)/b13-9-,14-10-,25-21-,26-22-,28-24-,37-33-,38-34-,43-41-,44-42-,45-35-,46-36-,54-50-,56-52-/t83-,84-,85-/m1/s1. The summed E-state index contributed by atoms with van der Waals surface area (Å²) >= 11 is 0. The number of hydrogen-bond donors (Lipinski definition) is 3. The van der Waals surface area contributed by atoms with Crippen LogP contribution in [0.5, 0.6) is 0 Å². The van der Waals surface area contributed by atoms with Crippen LogP contribution in [0.4, 0.5) is 0 Å². The fraction of sp³-hybridized carbons (Fsp3) is 0.663. The fourth-order valence-electron chi connectivity index (χ4n) is 10.7. The summed E-state index contributed by atoms with van der Waals surface area (Å²) in [7, 11) is -10.0. The lowest BCUT2D eigenvalue weighted by Gasteiger charge is -2.21. The molecule has 0 rings (SSSR count). The Morgan fingerprint density at radius 2 is 0.481 bits per heavy atom. The molecule has 0 aliphatic carbocycles. The number of esters is 4. The van der Waals surface area contributed by atoms with Crippen LogP contribution >= 0.6 is 15.6 Å². The normalized spacial score (nSPS) is 14.6. The highest BCUT2D eigenvalue weighted by molar-refractivity contribution is 7.47. The summed E-state index contributed by atoms with van der Waals surface area (Å²) in [5, 5.41) is 10.7. The highest BCUT2D eigenvalue weighted by Gasteiger charge is 2.30. The van der Waals surface area contributed by atoms with E-state index < -0.39 is 97.5 Å². The van der Waals surface area contributed by atoms with E-state index in [1.54, 1.807) is 0 Å². The molecule has 0 radical (unpaired) electrons. The number of hydrogen-bond acceptors (Lipinski definition) is 15. The molecule has 0 aliphatic rings. The van der Waals surface area contributed by atoms with Gasteiger partial charge >= 0.3 is 39.5 Å². The van der Waals surface area contributed by atoms with Crippen molar-refractivity contribution in [3.8, 4) is 0 Å². The van der Waals surface area contributed by atoms with Gasteiger partial charge in [-0.15, -0.1) is 0 Å². The Morgan fingerprint density at radius 1 is 0.269 bits per heavy atom. The van der Waals surface area contributed by atoms with Crippen LogP contribution in [-0.4, -0.2) is 96.7 Å². The molecule has 0 spiro atoms. The second kappa shape index (κ2) is 79.8. The largest absolute Gasteiger partial charge is 0.472 e. The average Bonchev–Trinajstić information content (AvgIpc) is 0.914. The molecule has 616 valence electrons. The van der Waals surface area contributed by atoms with E-state index >= 15 is 0 Å². The third-order valence-electron chi connectivity index (χ3n) is 17.0. The van der Waals surface area contributed by atoms with Crippen LogP contribution in [0, 0.1) is 0 Å². The molecule has 0 aromatic rings. The van der Waals surface area contributed by atoms with Gasteiger partial charge in [-0.1, -0.05) is 282 Å². The van der Waals surface area contributed by atoms with Crippen molar-refractivity contribution < 1.29 is 80.2 Å². The Balaban J connectivity index is 5.46. The van der Waals surface area contributed by atoms with Gasteiger partial charge in [-0.05, 0) is 173 Å². The lowest BCUT2D eigenvalue weighted by Crippen LogP contribution is -2.30. The van der Waals surface area contributed by atoms with Gasteiger partial charge in [0.25, 0.3) is 0 Å². The van der Waals surface area contributed by atoms with Crippen LogP contribution in [0.15, 0.2) is 158 Å². The Hall–Kier alpha value is -5.32. The first-order chi connectivity index (χ1) is 52.7. The number of carbonyl (C=O) groups is 4. The molecule has 0 fully saturated rings. The van der Waals surface area contributed by atoms with Gasteiger partial charge < -0.3 is 33.8 Å². The van der Waals surface area contributed by atoms with E-state index in [9.17, 15) is 43.2 Å². The van der Waals surface area contributed by atoms with Crippen molar-refractivity contribution >= 4 is 39.5 Å². The van der Waals surface area contributed by atoms with Crippen LogP contribution in [0.1, 0.15) is 323 Å². The molecule has 0 aromatic heterocycles. The molecule has 0 saturated heterocycles. The van der Waals surface area contributed by atoms with Crippen molar-refractivity contribution in [2.45, 2.75) is 341 Å². The number of ether oxygens (including phenoxy) is 4. The zero-order chi connectivity index (χ0) is 78.9. The van der Waals surface area contributed by atoms with Gasteiger partial charge in [-0.2, -0.15) is 0 Å². The van der Waals surface area contributed by atoms with Gasteiger partial charge in [-0.3, -0.25) is 37.3 Å². The van der Waals surface area contributed by atoms with E-state index in [1.807, 2.05) is 0 Å². The van der Waals surface area contributed by atoms with Crippen molar-refractivity contribution in [1.29, 1.82) is 0 Å². The Morgan fingerprint density at radius 3 is 0.778 bits per heavy atom. The number of phosphoric ester groups is 2. The third kappa shape index (κ3) is 78.8. The lowest BCUT2D eigenvalue weighted by atomic mass is 10.1. The molecule has 5 atom stereocenters. The predicted molar refractivity (Wildman–Crippen MR) is 445 cm³/mol. The smallest absolute Gasteiger partial charge is 0.462 e. The van der Waals surface area contributed by atoms with Crippen molar-refractivity contribution in [3.63, 3.8) is 0 Å². The molecule has 0 aromatic carbocycles. The van der Waals surface area contributed by atoms with E-state index in [2.05, 4.69) is 186 Å². The fourth-order valence-corrected chi connectivity index (χ4v) is 12.2. The van der Waals surface area contributed by atoms with Crippen molar-refractivity contribution in [2.75, 3.05) is 39.6 Å². The van der Waals surface area contributed by atoms with Gasteiger partial charge in [0.2, 0.25) is 0 Å². The molecule has 0 heterocycles. The SMILES string of the molecule is CC/C=C\C/C=C\C/C=C\C/C=C\C/C=C\CCCCCC(=O)OC[C@H](COP(=O)(O)OC[C@@H](O)COP(=O)(O)OC[C@@H](COC(=O)CCCCCCC/C=C\CCCCCCCC)OC(=O)CCCCC/C=C\C/C=C\C/C=C\C/C=C\C/C=C\CC)OC(=O)CCCCCCC/C=C\C/C=C\CCCCC. The number of carbonyl (C=O) groups excluding carboxylic acids is 4. The molecule has 2 unspecified atom stereocenters. The predicted octanol–water partition coefficient (Wildman–Crippen LogP) is 24.8. The molecular formula is C89H148O17P2. The summed E-state index contributed by atoms with van der Waals surface area (Å²) in [6, 6.07) is 0. The highest BCUT2D eigenvalue weighted by Crippen LogP contribution is 2.45. The van der Waals surface area contributed by atoms with Crippen LogP contribution in [0.2, 0.25) is 0 Å². The number of phosphoric acid groups is 2. The molecule has 0 saturated carbocycles. The number of allylic oxidation sites excluding steroid dienone is 26. The molecule has 17 nitrogen and oxygen atoms in total. The van der Waals surface area contributed by atoms with E-state index in [0.29, 0.717) is 25.7 Å². The topological polar surface area (TPSA) is 237 Å². The van der Waals surface area contributed by atoms with E-state index in [-0.39, 0.29) is 25.7 Å². The first-order valence-corrected chi connectivity index (χ1v) is 44.7. The van der Waals surface area contributed by atoms with E-state index in [4.69, 9.17) is 37.0 Å². The summed E-state index contributed by atoms with van der Waals surface area (Å²) in [6.45, 7) is 4.53. The van der Waals surface area contributed by atoms with Gasteiger partial charge in [-0.25, -0.2) is 9.13 Å². The molecule has 0 aliphatic heterocycles. The van der Waals surface area contributed by atoms with E-state index in [0.717, 1.165) is 186 Å². The molecule has 0 bridgehead atoms. The molecule has 0 amide bonds. The quantitative estimate of drug-likeness (QED) is 0.0169. The summed E-state index contributed by atoms with van der Waals surface area (Å²) < 4.78 is 68.7. The van der Waals surface area contributed by atoms with Crippen molar-refractivity contribution in [2.24, 2.45) is 0 Å². The van der Waals surface area contributed by atoms with Gasteiger partial charge in [0.15, 0.2) is 12.2 Å².